The zero-order valence-corrected chi connectivity index (χ0v) is 17.4. The number of amides is 1. The third kappa shape index (κ3) is 5.06. The normalized spacial score (nSPS) is 13.9. The van der Waals surface area contributed by atoms with Crippen LogP contribution in [-0.4, -0.2) is 52.8 Å². The molecule has 0 bridgehead atoms. The van der Waals surface area contributed by atoms with E-state index in [9.17, 15) is 13.2 Å². The average molecular weight is 420 g/mol. The Morgan fingerprint density at radius 2 is 1.86 bits per heavy atom. The van der Waals surface area contributed by atoms with E-state index in [4.69, 9.17) is 14.2 Å². The molecule has 3 rings (SSSR count). The van der Waals surface area contributed by atoms with Crippen LogP contribution in [-0.2, 0) is 21.3 Å². The van der Waals surface area contributed by atoms with Gasteiger partial charge in [-0.15, -0.1) is 0 Å². The molecule has 9 heteroatoms. The highest BCUT2D eigenvalue weighted by Crippen LogP contribution is 2.32. The maximum atomic E-state index is 12.7. The van der Waals surface area contributed by atoms with Crippen molar-refractivity contribution in [2.45, 2.75) is 24.4 Å². The Hall–Kier alpha value is -2.62. The van der Waals surface area contributed by atoms with E-state index >= 15 is 0 Å². The third-order valence-electron chi connectivity index (χ3n) is 4.39. The fourth-order valence-corrected chi connectivity index (χ4v) is 4.23. The van der Waals surface area contributed by atoms with Crippen LogP contribution in [0.2, 0.25) is 0 Å². The number of carbonyl (C=O) groups is 1. The highest BCUT2D eigenvalue weighted by atomic mass is 32.2. The lowest BCUT2D eigenvalue weighted by molar-refractivity contribution is 0.0785. The van der Waals surface area contributed by atoms with Gasteiger partial charge in [0.05, 0.1) is 11.5 Å². The predicted octanol–water partition coefficient (Wildman–Crippen LogP) is 2.00. The number of rotatable bonds is 8. The molecule has 0 spiro atoms. The molecule has 2 aromatic carbocycles. The SMILES string of the molecule is COCC(C)NS(=O)(=O)c1ccc(C(=O)N(C)Cc2ccc3c(c2)OCO3)cc1. The Kier molecular flexibility index (Phi) is 6.41. The molecule has 1 aliphatic heterocycles. The monoisotopic (exact) mass is 420 g/mol. The van der Waals surface area contributed by atoms with E-state index in [1.807, 2.05) is 18.2 Å². The topological polar surface area (TPSA) is 94.2 Å². The number of fused-ring (bicyclic) bond motifs is 1. The summed E-state index contributed by atoms with van der Waals surface area (Å²) in [4.78, 5) is 14.3. The highest BCUT2D eigenvalue weighted by molar-refractivity contribution is 7.89. The second kappa shape index (κ2) is 8.81. The maximum Gasteiger partial charge on any atom is 0.253 e. The predicted molar refractivity (Wildman–Crippen MR) is 106 cm³/mol. The molecular weight excluding hydrogens is 396 g/mol. The van der Waals surface area contributed by atoms with Gasteiger partial charge in [0.2, 0.25) is 16.8 Å². The molecule has 0 saturated carbocycles. The number of nitrogens with one attached hydrogen (secondary N) is 1. The fraction of sp³-hybridized carbons (Fsp3) is 0.350. The second-order valence-corrected chi connectivity index (χ2v) is 8.56. The molecule has 1 unspecified atom stereocenters. The molecule has 8 nitrogen and oxygen atoms in total. The van der Waals surface area contributed by atoms with Crippen LogP contribution >= 0.6 is 0 Å². The number of benzene rings is 2. The van der Waals surface area contributed by atoms with Crippen LogP contribution in [0.25, 0.3) is 0 Å². The van der Waals surface area contributed by atoms with Gasteiger partial charge >= 0.3 is 0 Å². The summed E-state index contributed by atoms with van der Waals surface area (Å²) < 4.78 is 42.9. The molecule has 156 valence electrons. The van der Waals surface area contributed by atoms with Crippen LogP contribution < -0.4 is 14.2 Å². The minimum Gasteiger partial charge on any atom is -0.454 e. The second-order valence-electron chi connectivity index (χ2n) is 6.85. The first-order valence-electron chi connectivity index (χ1n) is 9.05. The number of hydrogen-bond donors (Lipinski definition) is 1. The molecule has 0 fully saturated rings. The largest absolute Gasteiger partial charge is 0.454 e. The van der Waals surface area contributed by atoms with Crippen molar-refractivity contribution in [3.05, 3.63) is 53.6 Å². The van der Waals surface area contributed by atoms with Crippen molar-refractivity contribution in [3.63, 3.8) is 0 Å². The van der Waals surface area contributed by atoms with Crippen molar-refractivity contribution in [1.29, 1.82) is 0 Å². The number of carbonyl (C=O) groups excluding carboxylic acids is 1. The molecule has 0 radical (unpaired) electrons. The van der Waals surface area contributed by atoms with Crippen molar-refractivity contribution in [3.8, 4) is 11.5 Å². The van der Waals surface area contributed by atoms with E-state index in [1.54, 1.807) is 18.9 Å². The number of nitrogens with zero attached hydrogens (tertiary/aromatic N) is 1. The lowest BCUT2D eigenvalue weighted by Crippen LogP contribution is -2.35. The van der Waals surface area contributed by atoms with E-state index in [0.717, 1.165) is 5.56 Å². The van der Waals surface area contributed by atoms with Gasteiger partial charge in [-0.05, 0) is 48.9 Å². The summed E-state index contributed by atoms with van der Waals surface area (Å²) in [6.45, 7) is 2.55. The Morgan fingerprint density at radius 3 is 2.55 bits per heavy atom. The van der Waals surface area contributed by atoms with Crippen LogP contribution in [0.1, 0.15) is 22.8 Å². The lowest BCUT2D eigenvalue weighted by atomic mass is 10.1. The molecule has 0 aromatic heterocycles. The molecule has 1 atom stereocenters. The van der Waals surface area contributed by atoms with Gasteiger partial charge < -0.3 is 19.1 Å². The molecular formula is C20H24N2O6S. The third-order valence-corrected chi connectivity index (χ3v) is 5.99. The van der Waals surface area contributed by atoms with Gasteiger partial charge in [0.25, 0.3) is 5.91 Å². The quantitative estimate of drug-likeness (QED) is 0.702. The van der Waals surface area contributed by atoms with E-state index in [1.165, 1.54) is 31.4 Å². The van der Waals surface area contributed by atoms with Crippen LogP contribution in [0, 0.1) is 0 Å². The summed E-state index contributed by atoms with van der Waals surface area (Å²) in [5.74, 6) is 1.13. The van der Waals surface area contributed by atoms with Crippen LogP contribution in [0.4, 0.5) is 0 Å². The summed E-state index contributed by atoms with van der Waals surface area (Å²) >= 11 is 0. The number of methoxy groups -OCH3 is 1. The molecule has 0 aliphatic carbocycles. The van der Waals surface area contributed by atoms with E-state index < -0.39 is 10.0 Å². The van der Waals surface area contributed by atoms with Crippen molar-refractivity contribution < 1.29 is 27.4 Å². The molecule has 1 aliphatic rings. The van der Waals surface area contributed by atoms with Gasteiger partial charge in [-0.1, -0.05) is 6.07 Å². The zero-order valence-electron chi connectivity index (χ0n) is 16.5. The minimum absolute atomic E-state index is 0.0930. The summed E-state index contributed by atoms with van der Waals surface area (Å²) in [5, 5.41) is 0. The summed E-state index contributed by atoms with van der Waals surface area (Å²) in [6, 6.07) is 11.0. The van der Waals surface area contributed by atoms with Crippen molar-refractivity contribution in [1.82, 2.24) is 9.62 Å². The zero-order chi connectivity index (χ0) is 21.0. The Labute approximate surface area is 170 Å². The van der Waals surface area contributed by atoms with Gasteiger partial charge in [0, 0.05) is 32.3 Å². The van der Waals surface area contributed by atoms with Crippen molar-refractivity contribution >= 4 is 15.9 Å². The summed E-state index contributed by atoms with van der Waals surface area (Å²) in [5.41, 5.74) is 1.30. The van der Waals surface area contributed by atoms with Gasteiger partial charge in [-0.2, -0.15) is 0 Å². The molecule has 2 aromatic rings. The molecule has 29 heavy (non-hydrogen) atoms. The van der Waals surface area contributed by atoms with Crippen LogP contribution in [0.5, 0.6) is 11.5 Å². The first-order valence-corrected chi connectivity index (χ1v) is 10.5. The van der Waals surface area contributed by atoms with Gasteiger partial charge in [0.1, 0.15) is 0 Å². The van der Waals surface area contributed by atoms with E-state index in [2.05, 4.69) is 4.72 Å². The van der Waals surface area contributed by atoms with Crippen LogP contribution in [0.3, 0.4) is 0 Å². The molecule has 1 amide bonds. The van der Waals surface area contributed by atoms with Gasteiger partial charge in [-0.3, -0.25) is 4.79 Å². The Balaban J connectivity index is 1.66. The molecule has 1 N–H and O–H groups in total. The maximum absolute atomic E-state index is 12.7. The van der Waals surface area contributed by atoms with Crippen LogP contribution in [0.15, 0.2) is 47.4 Å². The standard InChI is InChI=1S/C20H24N2O6S/c1-14(12-26-3)21-29(24,25)17-7-5-16(6-8-17)20(23)22(2)11-15-4-9-18-19(10-15)28-13-27-18/h4-10,14,21H,11-13H2,1-3H3. The van der Waals surface area contributed by atoms with E-state index in [0.29, 0.717) is 23.6 Å². The Bertz CT molecular complexity index is 975. The number of sulfonamides is 1. The van der Waals surface area contributed by atoms with E-state index in [-0.39, 0.29) is 30.2 Å². The number of ether oxygens (including phenoxy) is 3. The molecule has 1 heterocycles. The fourth-order valence-electron chi connectivity index (χ4n) is 3.00. The number of hydrogen-bond acceptors (Lipinski definition) is 6. The lowest BCUT2D eigenvalue weighted by Gasteiger charge is -2.18. The molecule has 0 saturated heterocycles. The average Bonchev–Trinajstić information content (AvgIpc) is 3.15. The smallest absolute Gasteiger partial charge is 0.253 e. The van der Waals surface area contributed by atoms with Crippen molar-refractivity contribution in [2.75, 3.05) is 27.6 Å². The highest BCUT2D eigenvalue weighted by Gasteiger charge is 2.19. The summed E-state index contributed by atoms with van der Waals surface area (Å²) in [6.07, 6.45) is 0. The minimum atomic E-state index is -3.68. The first kappa shape index (κ1) is 21.1. The van der Waals surface area contributed by atoms with Gasteiger partial charge in [0.15, 0.2) is 11.5 Å². The Morgan fingerprint density at radius 1 is 1.17 bits per heavy atom. The van der Waals surface area contributed by atoms with Crippen molar-refractivity contribution in [2.24, 2.45) is 0 Å². The first-order chi connectivity index (χ1) is 13.8. The summed E-state index contributed by atoms with van der Waals surface area (Å²) in [7, 11) is -0.488. The van der Waals surface area contributed by atoms with Gasteiger partial charge in [-0.25, -0.2) is 13.1 Å².